The Morgan fingerprint density at radius 3 is 2.88 bits per heavy atom. The summed E-state index contributed by atoms with van der Waals surface area (Å²) in [6.45, 7) is 1.85. The lowest BCUT2D eigenvalue weighted by molar-refractivity contribution is -0.131. The van der Waals surface area contributed by atoms with Gasteiger partial charge in [-0.25, -0.2) is 9.97 Å². The summed E-state index contributed by atoms with van der Waals surface area (Å²) in [4.78, 5) is 24.7. The van der Waals surface area contributed by atoms with Crippen LogP contribution in [-0.2, 0) is 4.79 Å². The van der Waals surface area contributed by atoms with E-state index < -0.39 is 0 Å². The highest BCUT2D eigenvalue weighted by Crippen LogP contribution is 2.19. The molecule has 0 saturated carbocycles. The standard InChI is InChI=1S/C11H15N5O/c1-8(11(17)15(2)3)16-5-4-13-10(16)9-6-12-7-14-9/h4-8H,1-3H3,(H,12,14). The molecule has 0 aliphatic rings. The maximum Gasteiger partial charge on any atom is 0.244 e. The summed E-state index contributed by atoms with van der Waals surface area (Å²) in [6, 6.07) is -0.286. The fourth-order valence-corrected chi connectivity index (χ4v) is 1.70. The van der Waals surface area contributed by atoms with Crippen LogP contribution in [0.2, 0.25) is 0 Å². The van der Waals surface area contributed by atoms with E-state index in [1.54, 1.807) is 43.9 Å². The summed E-state index contributed by atoms with van der Waals surface area (Å²) in [6.07, 6.45) is 6.75. The summed E-state index contributed by atoms with van der Waals surface area (Å²) >= 11 is 0. The van der Waals surface area contributed by atoms with Crippen molar-refractivity contribution in [2.45, 2.75) is 13.0 Å². The third-order valence-corrected chi connectivity index (χ3v) is 2.62. The van der Waals surface area contributed by atoms with Gasteiger partial charge in [-0.3, -0.25) is 4.79 Å². The van der Waals surface area contributed by atoms with Crippen LogP contribution in [0, 0.1) is 0 Å². The van der Waals surface area contributed by atoms with Crippen molar-refractivity contribution >= 4 is 5.91 Å². The summed E-state index contributed by atoms with van der Waals surface area (Å²) in [5, 5.41) is 0. The van der Waals surface area contributed by atoms with E-state index in [1.165, 1.54) is 0 Å². The van der Waals surface area contributed by atoms with Gasteiger partial charge in [-0.15, -0.1) is 0 Å². The van der Waals surface area contributed by atoms with E-state index in [4.69, 9.17) is 0 Å². The predicted molar refractivity (Wildman–Crippen MR) is 63.2 cm³/mol. The van der Waals surface area contributed by atoms with Crippen LogP contribution in [0.3, 0.4) is 0 Å². The molecule has 90 valence electrons. The molecule has 1 amide bonds. The minimum atomic E-state index is -0.286. The van der Waals surface area contributed by atoms with Crippen molar-refractivity contribution in [3.63, 3.8) is 0 Å². The largest absolute Gasteiger partial charge is 0.347 e. The van der Waals surface area contributed by atoms with Gasteiger partial charge in [0.25, 0.3) is 0 Å². The van der Waals surface area contributed by atoms with Crippen molar-refractivity contribution in [2.75, 3.05) is 14.1 Å². The van der Waals surface area contributed by atoms with Crippen LogP contribution in [0.1, 0.15) is 13.0 Å². The minimum absolute atomic E-state index is 0.0313. The highest BCUT2D eigenvalue weighted by atomic mass is 16.2. The molecule has 2 rings (SSSR count). The lowest BCUT2D eigenvalue weighted by atomic mass is 10.3. The molecule has 2 aromatic heterocycles. The van der Waals surface area contributed by atoms with Gasteiger partial charge in [0.15, 0.2) is 5.82 Å². The van der Waals surface area contributed by atoms with Gasteiger partial charge in [-0.1, -0.05) is 0 Å². The monoisotopic (exact) mass is 233 g/mol. The fourth-order valence-electron chi connectivity index (χ4n) is 1.70. The summed E-state index contributed by atoms with van der Waals surface area (Å²) in [7, 11) is 3.48. The molecule has 0 bridgehead atoms. The number of amides is 1. The van der Waals surface area contributed by atoms with Crippen LogP contribution in [0.15, 0.2) is 24.9 Å². The highest BCUT2D eigenvalue weighted by molar-refractivity contribution is 5.80. The van der Waals surface area contributed by atoms with Gasteiger partial charge in [0.05, 0.1) is 12.5 Å². The van der Waals surface area contributed by atoms with Gasteiger partial charge in [0, 0.05) is 26.5 Å². The molecule has 17 heavy (non-hydrogen) atoms. The molecular formula is C11H15N5O. The van der Waals surface area contributed by atoms with Crippen LogP contribution in [0.5, 0.6) is 0 Å². The first-order chi connectivity index (χ1) is 8.11. The van der Waals surface area contributed by atoms with Crippen molar-refractivity contribution < 1.29 is 4.79 Å². The second kappa shape index (κ2) is 4.40. The zero-order chi connectivity index (χ0) is 12.4. The first-order valence-electron chi connectivity index (χ1n) is 5.34. The fraction of sp³-hybridized carbons (Fsp3) is 0.364. The Labute approximate surface area is 99.3 Å². The quantitative estimate of drug-likeness (QED) is 0.857. The Morgan fingerprint density at radius 2 is 2.29 bits per heavy atom. The van der Waals surface area contributed by atoms with Crippen molar-refractivity contribution in [1.82, 2.24) is 24.4 Å². The number of nitrogens with zero attached hydrogens (tertiary/aromatic N) is 4. The van der Waals surface area contributed by atoms with E-state index in [1.807, 2.05) is 11.5 Å². The number of carbonyl (C=O) groups excluding carboxylic acids is 1. The number of rotatable bonds is 3. The molecule has 1 unspecified atom stereocenters. The molecule has 0 aliphatic heterocycles. The summed E-state index contributed by atoms with van der Waals surface area (Å²) in [5.74, 6) is 0.744. The smallest absolute Gasteiger partial charge is 0.244 e. The number of likely N-dealkylation sites (N-methyl/N-ethyl adjacent to an activating group) is 1. The number of hydrogen-bond acceptors (Lipinski definition) is 3. The number of aromatic nitrogens is 4. The Kier molecular flexibility index (Phi) is 2.95. The Hall–Kier alpha value is -2.11. The second-order valence-electron chi connectivity index (χ2n) is 4.03. The average molecular weight is 233 g/mol. The summed E-state index contributed by atoms with van der Waals surface area (Å²) in [5.41, 5.74) is 0.799. The first kappa shape index (κ1) is 11.4. The van der Waals surface area contributed by atoms with Gasteiger partial charge in [-0.05, 0) is 6.92 Å². The van der Waals surface area contributed by atoms with E-state index in [0.29, 0.717) is 5.82 Å². The number of nitrogens with one attached hydrogen (secondary N) is 1. The molecule has 0 fully saturated rings. The molecule has 0 spiro atoms. The second-order valence-corrected chi connectivity index (χ2v) is 4.03. The predicted octanol–water partition coefficient (Wildman–Crippen LogP) is 0.922. The van der Waals surface area contributed by atoms with Crippen LogP contribution < -0.4 is 0 Å². The van der Waals surface area contributed by atoms with Gasteiger partial charge in [0.2, 0.25) is 5.91 Å². The van der Waals surface area contributed by atoms with E-state index in [2.05, 4.69) is 15.0 Å². The minimum Gasteiger partial charge on any atom is -0.347 e. The van der Waals surface area contributed by atoms with Crippen LogP contribution in [0.4, 0.5) is 0 Å². The lowest BCUT2D eigenvalue weighted by Gasteiger charge is -2.19. The molecule has 6 nitrogen and oxygen atoms in total. The van der Waals surface area contributed by atoms with Gasteiger partial charge in [-0.2, -0.15) is 0 Å². The van der Waals surface area contributed by atoms with Crippen LogP contribution >= 0.6 is 0 Å². The van der Waals surface area contributed by atoms with E-state index in [0.717, 1.165) is 5.69 Å². The molecule has 0 radical (unpaired) electrons. The number of hydrogen-bond donors (Lipinski definition) is 1. The Bertz CT molecular complexity index is 500. The van der Waals surface area contributed by atoms with Gasteiger partial charge in [0.1, 0.15) is 11.7 Å². The third kappa shape index (κ3) is 2.06. The molecule has 0 aromatic carbocycles. The van der Waals surface area contributed by atoms with Gasteiger partial charge >= 0.3 is 0 Å². The van der Waals surface area contributed by atoms with Crippen molar-refractivity contribution in [3.05, 3.63) is 24.9 Å². The number of H-pyrrole nitrogens is 1. The van der Waals surface area contributed by atoms with Crippen molar-refractivity contribution in [3.8, 4) is 11.5 Å². The SMILES string of the molecule is CC(C(=O)N(C)C)n1ccnc1-c1cnc[nH]1. The maximum absolute atomic E-state index is 11.9. The molecular weight excluding hydrogens is 218 g/mol. The molecule has 0 aliphatic carbocycles. The molecule has 2 aromatic rings. The van der Waals surface area contributed by atoms with Crippen molar-refractivity contribution in [1.29, 1.82) is 0 Å². The van der Waals surface area contributed by atoms with Gasteiger partial charge < -0.3 is 14.5 Å². The Morgan fingerprint density at radius 1 is 1.53 bits per heavy atom. The van der Waals surface area contributed by atoms with E-state index in [-0.39, 0.29) is 11.9 Å². The topological polar surface area (TPSA) is 66.8 Å². The number of aromatic amines is 1. The van der Waals surface area contributed by atoms with Crippen LogP contribution in [-0.4, -0.2) is 44.4 Å². The molecule has 0 saturated heterocycles. The molecule has 2 heterocycles. The van der Waals surface area contributed by atoms with Crippen molar-refractivity contribution in [2.24, 2.45) is 0 Å². The zero-order valence-electron chi connectivity index (χ0n) is 10.1. The first-order valence-corrected chi connectivity index (χ1v) is 5.34. The van der Waals surface area contributed by atoms with E-state index in [9.17, 15) is 4.79 Å². The molecule has 6 heteroatoms. The Balaban J connectivity index is 2.34. The lowest BCUT2D eigenvalue weighted by Crippen LogP contribution is -2.30. The van der Waals surface area contributed by atoms with E-state index >= 15 is 0 Å². The maximum atomic E-state index is 11.9. The zero-order valence-corrected chi connectivity index (χ0v) is 10.1. The third-order valence-electron chi connectivity index (χ3n) is 2.62. The number of carbonyl (C=O) groups is 1. The normalized spacial score (nSPS) is 12.4. The molecule has 1 N–H and O–H groups in total. The summed E-state index contributed by atoms with van der Waals surface area (Å²) < 4.78 is 1.83. The highest BCUT2D eigenvalue weighted by Gasteiger charge is 2.20. The molecule has 1 atom stereocenters. The van der Waals surface area contributed by atoms with Crippen LogP contribution in [0.25, 0.3) is 11.5 Å². The average Bonchev–Trinajstić information content (AvgIpc) is 2.96. The number of imidazole rings is 2.